The molecule has 0 aromatic heterocycles. The van der Waals surface area contributed by atoms with Gasteiger partial charge in [-0.2, -0.15) is 0 Å². The molecule has 2 aromatic rings. The summed E-state index contributed by atoms with van der Waals surface area (Å²) in [6.45, 7) is 5.86. The molecule has 0 bridgehead atoms. The van der Waals surface area contributed by atoms with E-state index in [0.29, 0.717) is 0 Å². The smallest absolute Gasteiger partial charge is 0.261 e. The molecule has 0 spiro atoms. The first-order chi connectivity index (χ1) is 11.5. The largest absolute Gasteiger partial charge is 0.481 e. The molecule has 0 heterocycles. The van der Waals surface area contributed by atoms with Gasteiger partial charge in [0.2, 0.25) is 0 Å². The molecule has 1 amide bonds. The van der Waals surface area contributed by atoms with E-state index in [9.17, 15) is 4.79 Å². The van der Waals surface area contributed by atoms with E-state index in [1.165, 1.54) is 16.7 Å². The van der Waals surface area contributed by atoms with E-state index in [-0.39, 0.29) is 11.9 Å². The lowest BCUT2D eigenvalue weighted by Gasteiger charge is -2.27. The highest BCUT2D eigenvalue weighted by Gasteiger charge is 2.24. The number of carbonyl (C=O) groups excluding carboxylic acids is 1. The summed E-state index contributed by atoms with van der Waals surface area (Å²) in [6, 6.07) is 14.5. The maximum Gasteiger partial charge on any atom is 0.261 e. The molecule has 0 saturated heterocycles. The number of ether oxygens (including phenoxy) is 1. The van der Waals surface area contributed by atoms with Gasteiger partial charge in [0, 0.05) is 0 Å². The Morgan fingerprint density at radius 3 is 2.79 bits per heavy atom. The van der Waals surface area contributed by atoms with Gasteiger partial charge in [-0.25, -0.2) is 0 Å². The fourth-order valence-corrected chi connectivity index (χ4v) is 3.37. The van der Waals surface area contributed by atoms with E-state index < -0.39 is 6.10 Å². The lowest BCUT2D eigenvalue weighted by Crippen LogP contribution is -2.39. The van der Waals surface area contributed by atoms with Crippen LogP contribution in [-0.4, -0.2) is 12.0 Å². The van der Waals surface area contributed by atoms with Crippen molar-refractivity contribution >= 4 is 5.91 Å². The molecule has 3 heteroatoms. The van der Waals surface area contributed by atoms with Crippen molar-refractivity contribution in [1.29, 1.82) is 0 Å². The van der Waals surface area contributed by atoms with Crippen molar-refractivity contribution in [3.63, 3.8) is 0 Å². The summed E-state index contributed by atoms with van der Waals surface area (Å²) in [5.41, 5.74) is 4.83. The lowest BCUT2D eigenvalue weighted by molar-refractivity contribution is -0.128. The molecule has 0 unspecified atom stereocenters. The third-order valence-corrected chi connectivity index (χ3v) is 4.69. The van der Waals surface area contributed by atoms with Crippen LogP contribution in [0.3, 0.4) is 0 Å². The van der Waals surface area contributed by atoms with Gasteiger partial charge in [-0.1, -0.05) is 42.0 Å². The SMILES string of the molecule is Cc1ccc(O[C@H](C)C(=O)N[C@@H]2CCCc3ccccc32)c(C)c1. The van der Waals surface area contributed by atoms with Crippen molar-refractivity contribution in [2.24, 2.45) is 0 Å². The highest BCUT2D eigenvalue weighted by Crippen LogP contribution is 2.29. The van der Waals surface area contributed by atoms with Gasteiger partial charge in [0.15, 0.2) is 6.10 Å². The summed E-state index contributed by atoms with van der Waals surface area (Å²) in [5.74, 6) is 0.712. The average molecular weight is 323 g/mol. The van der Waals surface area contributed by atoms with Gasteiger partial charge in [-0.05, 0) is 62.8 Å². The number of hydrogen-bond acceptors (Lipinski definition) is 2. The number of amides is 1. The van der Waals surface area contributed by atoms with Crippen LogP contribution in [-0.2, 0) is 11.2 Å². The minimum Gasteiger partial charge on any atom is -0.481 e. The Morgan fingerprint density at radius 1 is 1.21 bits per heavy atom. The molecular formula is C21H25NO2. The van der Waals surface area contributed by atoms with Gasteiger partial charge in [0.05, 0.1) is 6.04 Å². The molecule has 0 radical (unpaired) electrons. The second-order valence-electron chi connectivity index (χ2n) is 6.68. The molecule has 2 aromatic carbocycles. The van der Waals surface area contributed by atoms with E-state index >= 15 is 0 Å². The van der Waals surface area contributed by atoms with Crippen LogP contribution in [0.2, 0.25) is 0 Å². The number of rotatable bonds is 4. The highest BCUT2D eigenvalue weighted by atomic mass is 16.5. The predicted octanol–water partition coefficient (Wildman–Crippen LogP) is 4.26. The molecule has 126 valence electrons. The monoisotopic (exact) mass is 323 g/mol. The number of nitrogens with one attached hydrogen (secondary N) is 1. The van der Waals surface area contributed by atoms with Crippen molar-refractivity contribution in [3.8, 4) is 5.75 Å². The Balaban J connectivity index is 1.67. The predicted molar refractivity (Wildman–Crippen MR) is 96.3 cm³/mol. The number of aryl methyl sites for hydroxylation is 3. The van der Waals surface area contributed by atoms with Crippen molar-refractivity contribution in [3.05, 3.63) is 64.7 Å². The van der Waals surface area contributed by atoms with E-state index in [1.807, 2.05) is 39.0 Å². The van der Waals surface area contributed by atoms with Gasteiger partial charge >= 0.3 is 0 Å². The van der Waals surface area contributed by atoms with Gasteiger partial charge < -0.3 is 10.1 Å². The average Bonchev–Trinajstić information content (AvgIpc) is 2.57. The fraction of sp³-hybridized carbons (Fsp3) is 0.381. The first-order valence-electron chi connectivity index (χ1n) is 8.66. The Kier molecular flexibility index (Phi) is 4.89. The molecule has 0 saturated carbocycles. The minimum absolute atomic E-state index is 0.0586. The maximum absolute atomic E-state index is 12.6. The van der Waals surface area contributed by atoms with Gasteiger partial charge in [-0.3, -0.25) is 4.79 Å². The van der Waals surface area contributed by atoms with Crippen LogP contribution in [0, 0.1) is 13.8 Å². The Morgan fingerprint density at radius 2 is 2.00 bits per heavy atom. The van der Waals surface area contributed by atoms with Gasteiger partial charge in [0.1, 0.15) is 5.75 Å². The van der Waals surface area contributed by atoms with E-state index in [4.69, 9.17) is 4.74 Å². The molecule has 2 atom stereocenters. The Labute approximate surface area is 144 Å². The molecule has 1 aliphatic carbocycles. The molecule has 24 heavy (non-hydrogen) atoms. The number of fused-ring (bicyclic) bond motifs is 1. The van der Waals surface area contributed by atoms with Crippen LogP contribution in [0.4, 0.5) is 0 Å². The summed E-state index contributed by atoms with van der Waals surface area (Å²) < 4.78 is 5.88. The van der Waals surface area contributed by atoms with E-state index in [0.717, 1.165) is 30.6 Å². The zero-order valence-corrected chi connectivity index (χ0v) is 14.6. The molecular weight excluding hydrogens is 298 g/mol. The highest BCUT2D eigenvalue weighted by molar-refractivity contribution is 5.81. The molecule has 3 rings (SSSR count). The standard InChI is InChI=1S/C21H25NO2/c1-14-11-12-20(15(2)13-14)24-16(3)21(23)22-19-10-6-8-17-7-4-5-9-18(17)19/h4-5,7,9,11-13,16,19H,6,8,10H2,1-3H3,(H,22,23)/t16-,19-/m1/s1. The third-order valence-electron chi connectivity index (χ3n) is 4.69. The number of hydrogen-bond donors (Lipinski definition) is 1. The quantitative estimate of drug-likeness (QED) is 0.913. The second-order valence-corrected chi connectivity index (χ2v) is 6.68. The molecule has 0 fully saturated rings. The van der Waals surface area contributed by atoms with E-state index in [1.54, 1.807) is 0 Å². The Hall–Kier alpha value is -2.29. The van der Waals surface area contributed by atoms with Crippen LogP contribution in [0.25, 0.3) is 0 Å². The van der Waals surface area contributed by atoms with Gasteiger partial charge in [0.25, 0.3) is 5.91 Å². The minimum atomic E-state index is -0.513. The van der Waals surface area contributed by atoms with Crippen molar-refractivity contribution in [2.75, 3.05) is 0 Å². The zero-order valence-electron chi connectivity index (χ0n) is 14.6. The van der Waals surface area contributed by atoms with Crippen LogP contribution >= 0.6 is 0 Å². The van der Waals surface area contributed by atoms with Crippen molar-refractivity contribution < 1.29 is 9.53 Å². The third kappa shape index (κ3) is 3.61. The van der Waals surface area contributed by atoms with Crippen molar-refractivity contribution in [1.82, 2.24) is 5.32 Å². The molecule has 1 aliphatic rings. The second kappa shape index (κ2) is 7.08. The van der Waals surface area contributed by atoms with Crippen LogP contribution in [0.5, 0.6) is 5.75 Å². The first kappa shape index (κ1) is 16.6. The van der Waals surface area contributed by atoms with Crippen LogP contribution in [0.15, 0.2) is 42.5 Å². The van der Waals surface area contributed by atoms with Crippen LogP contribution < -0.4 is 10.1 Å². The summed E-state index contributed by atoms with van der Waals surface area (Å²) >= 11 is 0. The summed E-state index contributed by atoms with van der Waals surface area (Å²) in [5, 5.41) is 3.16. The summed E-state index contributed by atoms with van der Waals surface area (Å²) in [6.07, 6.45) is 2.67. The molecule has 3 nitrogen and oxygen atoms in total. The first-order valence-corrected chi connectivity index (χ1v) is 8.66. The van der Waals surface area contributed by atoms with Crippen LogP contribution in [0.1, 0.15) is 48.1 Å². The van der Waals surface area contributed by atoms with E-state index in [2.05, 4.69) is 29.6 Å². The Bertz CT molecular complexity index is 738. The molecule has 1 N–H and O–H groups in total. The fourth-order valence-electron chi connectivity index (χ4n) is 3.37. The number of carbonyl (C=O) groups is 1. The number of benzene rings is 2. The van der Waals surface area contributed by atoms with Crippen molar-refractivity contribution in [2.45, 2.75) is 52.2 Å². The maximum atomic E-state index is 12.6. The van der Waals surface area contributed by atoms with Gasteiger partial charge in [-0.15, -0.1) is 0 Å². The summed E-state index contributed by atoms with van der Waals surface area (Å²) in [7, 11) is 0. The topological polar surface area (TPSA) is 38.3 Å². The molecule has 0 aliphatic heterocycles. The zero-order chi connectivity index (χ0) is 17.1. The normalized spacial score (nSPS) is 17.7. The summed E-state index contributed by atoms with van der Waals surface area (Å²) in [4.78, 5) is 12.6. The lowest BCUT2D eigenvalue weighted by atomic mass is 9.87.